The lowest BCUT2D eigenvalue weighted by atomic mass is 10.1. The predicted octanol–water partition coefficient (Wildman–Crippen LogP) is 5.18. The molecule has 0 N–H and O–H groups in total. The summed E-state index contributed by atoms with van der Waals surface area (Å²) in [5.41, 5.74) is 2.12. The Bertz CT molecular complexity index is 838. The van der Waals surface area contributed by atoms with E-state index in [1.807, 2.05) is 18.2 Å². The van der Waals surface area contributed by atoms with Crippen molar-refractivity contribution in [1.29, 1.82) is 0 Å². The second-order valence-electron chi connectivity index (χ2n) is 5.57. The normalized spacial score (nSPS) is 17.1. The van der Waals surface area contributed by atoms with E-state index in [4.69, 9.17) is 46.4 Å². The van der Waals surface area contributed by atoms with E-state index in [1.54, 1.807) is 29.2 Å². The number of aliphatic imine (C=N–C) groups is 1. The van der Waals surface area contributed by atoms with Crippen LogP contribution < -0.4 is 4.90 Å². The molecule has 0 saturated carbocycles. The number of nitrogens with zero attached hydrogens (tertiary/aromatic N) is 2. The summed E-state index contributed by atoms with van der Waals surface area (Å²) in [7, 11) is 0. The van der Waals surface area contributed by atoms with Crippen LogP contribution in [0.15, 0.2) is 47.5 Å². The van der Waals surface area contributed by atoms with Crippen molar-refractivity contribution >= 4 is 63.2 Å². The van der Waals surface area contributed by atoms with Crippen LogP contribution >= 0.6 is 46.4 Å². The van der Waals surface area contributed by atoms with Gasteiger partial charge >= 0.3 is 0 Å². The molecule has 0 aromatic heterocycles. The number of anilines is 1. The number of hydrogen-bond acceptors (Lipinski definition) is 2. The Morgan fingerprint density at radius 1 is 1.08 bits per heavy atom. The van der Waals surface area contributed by atoms with Crippen molar-refractivity contribution in [2.75, 3.05) is 17.3 Å². The topological polar surface area (TPSA) is 32.7 Å². The van der Waals surface area contributed by atoms with Gasteiger partial charge in [0.05, 0.1) is 5.69 Å². The fourth-order valence-corrected chi connectivity index (χ4v) is 3.61. The molecule has 1 aliphatic rings. The number of fused-ring (bicyclic) bond motifs is 1. The van der Waals surface area contributed by atoms with Gasteiger partial charge in [0.25, 0.3) is 5.91 Å². The molecule has 0 aliphatic carbocycles. The Hall–Kier alpha value is -1.26. The molecule has 1 aliphatic heterocycles. The summed E-state index contributed by atoms with van der Waals surface area (Å²) in [5, 5.41) is 1.37. The predicted molar refractivity (Wildman–Crippen MR) is 106 cm³/mol. The zero-order valence-corrected chi connectivity index (χ0v) is 16.1. The SMILES string of the molecule is O=C1C(Cc2ccccc2Cl)N=C(Cl)c2cc(Cl)ccc2N1CCCl. The number of hydrogen-bond donors (Lipinski definition) is 0. The number of halogens is 4. The van der Waals surface area contributed by atoms with Crippen molar-refractivity contribution in [1.82, 2.24) is 0 Å². The highest BCUT2D eigenvalue weighted by atomic mass is 35.5. The van der Waals surface area contributed by atoms with E-state index in [1.165, 1.54) is 0 Å². The quantitative estimate of drug-likeness (QED) is 0.633. The molecule has 0 saturated heterocycles. The molecule has 1 amide bonds. The van der Waals surface area contributed by atoms with E-state index in [2.05, 4.69) is 4.99 Å². The van der Waals surface area contributed by atoms with E-state index in [9.17, 15) is 4.79 Å². The monoisotopic (exact) mass is 414 g/mol. The summed E-state index contributed by atoms with van der Waals surface area (Å²) in [5.74, 6) is 0.129. The second kappa shape index (κ2) is 7.96. The standard InChI is InChI=1S/C18H14Cl4N2O/c19-7-8-24-16-6-5-12(20)10-13(16)17(22)23-15(18(24)25)9-11-3-1-2-4-14(11)21/h1-6,10,15H,7-9H2. The van der Waals surface area contributed by atoms with Gasteiger partial charge in [-0.3, -0.25) is 9.79 Å². The van der Waals surface area contributed by atoms with Crippen LogP contribution in [-0.2, 0) is 11.2 Å². The highest BCUT2D eigenvalue weighted by Crippen LogP contribution is 2.31. The largest absolute Gasteiger partial charge is 0.309 e. The Labute approximate surface area is 166 Å². The summed E-state index contributed by atoms with van der Waals surface area (Å²) < 4.78 is 0. The van der Waals surface area contributed by atoms with Crippen molar-refractivity contribution in [3.8, 4) is 0 Å². The maximum absolute atomic E-state index is 13.1. The van der Waals surface area contributed by atoms with Gasteiger partial charge < -0.3 is 4.90 Å². The summed E-state index contributed by atoms with van der Waals surface area (Å²) in [4.78, 5) is 19.1. The first-order valence-electron chi connectivity index (χ1n) is 7.65. The lowest BCUT2D eigenvalue weighted by Gasteiger charge is -2.24. The highest BCUT2D eigenvalue weighted by Gasteiger charge is 2.31. The zero-order valence-electron chi connectivity index (χ0n) is 13.1. The van der Waals surface area contributed by atoms with Gasteiger partial charge in [0, 0.05) is 34.5 Å². The fraction of sp³-hybridized carbons (Fsp3) is 0.222. The molecule has 3 nitrogen and oxygen atoms in total. The van der Waals surface area contributed by atoms with Crippen LogP contribution in [0.1, 0.15) is 11.1 Å². The number of benzene rings is 2. The Morgan fingerprint density at radius 3 is 2.56 bits per heavy atom. The van der Waals surface area contributed by atoms with Crippen LogP contribution in [0.2, 0.25) is 10.0 Å². The van der Waals surface area contributed by atoms with Gasteiger partial charge in [-0.2, -0.15) is 0 Å². The Balaban J connectivity index is 2.04. The van der Waals surface area contributed by atoms with Crippen LogP contribution in [0, 0.1) is 0 Å². The maximum Gasteiger partial charge on any atom is 0.252 e. The first-order chi connectivity index (χ1) is 12.0. The fourth-order valence-electron chi connectivity index (χ4n) is 2.79. The van der Waals surface area contributed by atoms with Crippen molar-refractivity contribution in [2.45, 2.75) is 12.5 Å². The number of carbonyl (C=O) groups excluding carboxylic acids is 1. The molecule has 2 aromatic rings. The molecule has 25 heavy (non-hydrogen) atoms. The molecule has 0 radical (unpaired) electrons. The molecule has 1 unspecified atom stereocenters. The molecule has 0 spiro atoms. The molecule has 1 heterocycles. The van der Waals surface area contributed by atoms with E-state index in [0.29, 0.717) is 40.1 Å². The van der Waals surface area contributed by atoms with Crippen molar-refractivity contribution in [2.24, 2.45) is 4.99 Å². The lowest BCUT2D eigenvalue weighted by molar-refractivity contribution is -0.119. The molecule has 7 heteroatoms. The highest BCUT2D eigenvalue weighted by molar-refractivity contribution is 6.70. The minimum absolute atomic E-state index is 0.167. The van der Waals surface area contributed by atoms with Crippen molar-refractivity contribution in [3.05, 3.63) is 63.6 Å². The van der Waals surface area contributed by atoms with Gasteiger partial charge in [-0.05, 0) is 29.8 Å². The van der Waals surface area contributed by atoms with Crippen LogP contribution in [0.25, 0.3) is 0 Å². The third-order valence-electron chi connectivity index (χ3n) is 3.97. The molecule has 130 valence electrons. The molecular formula is C18H14Cl4N2O. The summed E-state index contributed by atoms with van der Waals surface area (Å²) in [6.45, 7) is 0.355. The van der Waals surface area contributed by atoms with Crippen LogP contribution in [0.3, 0.4) is 0 Å². The third kappa shape index (κ3) is 3.95. The molecule has 2 aromatic carbocycles. The first kappa shape index (κ1) is 18.5. The van der Waals surface area contributed by atoms with Gasteiger partial charge in [-0.15, -0.1) is 11.6 Å². The molecule has 1 atom stereocenters. The Morgan fingerprint density at radius 2 is 1.84 bits per heavy atom. The zero-order chi connectivity index (χ0) is 18.0. The van der Waals surface area contributed by atoms with Crippen LogP contribution in [0.4, 0.5) is 5.69 Å². The van der Waals surface area contributed by atoms with Gasteiger partial charge in [0.1, 0.15) is 11.2 Å². The van der Waals surface area contributed by atoms with E-state index < -0.39 is 6.04 Å². The Kier molecular flexibility index (Phi) is 5.90. The van der Waals surface area contributed by atoms with Crippen molar-refractivity contribution < 1.29 is 4.79 Å². The molecule has 3 rings (SSSR count). The summed E-state index contributed by atoms with van der Waals surface area (Å²) >= 11 is 24.6. The lowest BCUT2D eigenvalue weighted by Crippen LogP contribution is -2.40. The number of rotatable bonds is 4. The van der Waals surface area contributed by atoms with E-state index in [-0.39, 0.29) is 11.1 Å². The van der Waals surface area contributed by atoms with Crippen LogP contribution in [-0.4, -0.2) is 29.5 Å². The number of benzodiazepines with no additional fused rings is 1. The van der Waals surface area contributed by atoms with Gasteiger partial charge in [-0.25, -0.2) is 0 Å². The van der Waals surface area contributed by atoms with Crippen molar-refractivity contribution in [3.63, 3.8) is 0 Å². The average molecular weight is 416 g/mol. The molecule has 0 fully saturated rings. The second-order valence-corrected chi connectivity index (χ2v) is 7.15. The van der Waals surface area contributed by atoms with Gasteiger partial charge in [0.2, 0.25) is 0 Å². The maximum atomic E-state index is 13.1. The average Bonchev–Trinajstić information content (AvgIpc) is 2.68. The van der Waals surface area contributed by atoms with Crippen LogP contribution in [0.5, 0.6) is 0 Å². The summed E-state index contributed by atoms with van der Waals surface area (Å²) in [6, 6.07) is 11.9. The minimum Gasteiger partial charge on any atom is -0.309 e. The molecular weight excluding hydrogens is 402 g/mol. The van der Waals surface area contributed by atoms with Gasteiger partial charge in [0.15, 0.2) is 0 Å². The summed E-state index contributed by atoms with van der Waals surface area (Å²) in [6.07, 6.45) is 0.356. The third-order valence-corrected chi connectivity index (χ3v) is 5.05. The van der Waals surface area contributed by atoms with Gasteiger partial charge in [-0.1, -0.05) is 53.0 Å². The number of carbonyl (C=O) groups is 1. The smallest absolute Gasteiger partial charge is 0.252 e. The van der Waals surface area contributed by atoms with E-state index in [0.717, 1.165) is 5.56 Å². The first-order valence-corrected chi connectivity index (χ1v) is 9.32. The molecule has 0 bridgehead atoms. The van der Waals surface area contributed by atoms with E-state index >= 15 is 0 Å². The number of alkyl halides is 1. The minimum atomic E-state index is -0.679. The number of amides is 1.